The molecule has 3 aromatic rings. The topological polar surface area (TPSA) is 76.5 Å². The highest BCUT2D eigenvalue weighted by Gasteiger charge is 2.32. The lowest BCUT2D eigenvalue weighted by atomic mass is 9.97. The Kier molecular flexibility index (Phi) is 3.78. The Balaban J connectivity index is 1.74. The Bertz CT molecular complexity index is 923. The molecule has 0 bridgehead atoms. The van der Waals surface area contributed by atoms with Gasteiger partial charge < -0.3 is 9.42 Å². The summed E-state index contributed by atoms with van der Waals surface area (Å²) in [6.07, 6.45) is 6.62. The normalized spacial score (nSPS) is 18.0. The molecule has 7 nitrogen and oxygen atoms in total. The number of carbonyl (C=O) groups is 1. The molecule has 4 rings (SSSR count). The molecule has 0 unspecified atom stereocenters. The Morgan fingerprint density at radius 2 is 2.12 bits per heavy atom. The molecule has 130 valence electrons. The van der Waals surface area contributed by atoms with Gasteiger partial charge in [0.1, 0.15) is 11.3 Å². The molecular weight excluding hydrogens is 318 g/mol. The summed E-state index contributed by atoms with van der Waals surface area (Å²) in [5.41, 5.74) is 3.18. The van der Waals surface area contributed by atoms with Gasteiger partial charge in [-0.1, -0.05) is 5.16 Å². The summed E-state index contributed by atoms with van der Waals surface area (Å²) in [4.78, 5) is 24.1. The molecule has 0 radical (unpaired) electrons. The quantitative estimate of drug-likeness (QED) is 0.717. The number of hydrogen-bond donors (Lipinski definition) is 0. The zero-order valence-electron chi connectivity index (χ0n) is 14.7. The molecule has 0 aromatic carbocycles. The van der Waals surface area contributed by atoms with Crippen LogP contribution in [0.5, 0.6) is 0 Å². The molecule has 0 N–H and O–H groups in total. The Hall–Kier alpha value is -2.70. The fourth-order valence-corrected chi connectivity index (χ4v) is 3.67. The minimum absolute atomic E-state index is 0.0244. The van der Waals surface area contributed by atoms with Crippen LogP contribution in [0.4, 0.5) is 0 Å². The van der Waals surface area contributed by atoms with Crippen molar-refractivity contribution < 1.29 is 9.32 Å². The van der Waals surface area contributed by atoms with E-state index in [2.05, 4.69) is 16.2 Å². The van der Waals surface area contributed by atoms with E-state index in [1.165, 1.54) is 0 Å². The number of imidazole rings is 1. The van der Waals surface area contributed by atoms with Crippen LogP contribution >= 0.6 is 0 Å². The molecule has 0 spiro atoms. The Morgan fingerprint density at radius 1 is 1.28 bits per heavy atom. The predicted octanol–water partition coefficient (Wildman–Crippen LogP) is 3.01. The van der Waals surface area contributed by atoms with Gasteiger partial charge in [0.15, 0.2) is 0 Å². The van der Waals surface area contributed by atoms with Crippen molar-refractivity contribution in [3.63, 3.8) is 0 Å². The Labute approximate surface area is 145 Å². The minimum Gasteiger partial charge on any atom is -0.361 e. The second kappa shape index (κ2) is 5.98. The largest absolute Gasteiger partial charge is 0.361 e. The number of nitrogens with zero attached hydrogens (tertiary/aromatic N) is 5. The van der Waals surface area contributed by atoms with Crippen molar-refractivity contribution in [1.82, 2.24) is 24.4 Å². The maximum Gasteiger partial charge on any atom is 0.259 e. The predicted molar refractivity (Wildman–Crippen MR) is 91.3 cm³/mol. The summed E-state index contributed by atoms with van der Waals surface area (Å²) in [5.74, 6) is 1.22. The van der Waals surface area contributed by atoms with Crippen molar-refractivity contribution in [2.24, 2.45) is 0 Å². The van der Waals surface area contributed by atoms with Crippen molar-refractivity contribution in [3.05, 3.63) is 46.9 Å². The lowest BCUT2D eigenvalue weighted by Crippen LogP contribution is -2.39. The molecule has 4 heterocycles. The van der Waals surface area contributed by atoms with E-state index in [1.807, 2.05) is 29.3 Å². The van der Waals surface area contributed by atoms with Crippen LogP contribution in [0.1, 0.15) is 58.5 Å². The third-order valence-corrected chi connectivity index (χ3v) is 4.94. The number of likely N-dealkylation sites (tertiary alicyclic amines) is 1. The fraction of sp³-hybridized carbons (Fsp3) is 0.444. The number of carbonyl (C=O) groups excluding carboxylic acids is 1. The second-order valence-corrected chi connectivity index (χ2v) is 6.63. The van der Waals surface area contributed by atoms with Crippen molar-refractivity contribution in [2.75, 3.05) is 6.54 Å². The first-order chi connectivity index (χ1) is 12.1. The van der Waals surface area contributed by atoms with Gasteiger partial charge in [0, 0.05) is 24.6 Å². The van der Waals surface area contributed by atoms with Gasteiger partial charge >= 0.3 is 0 Å². The molecule has 1 saturated heterocycles. The number of fused-ring (bicyclic) bond motifs is 1. The van der Waals surface area contributed by atoms with Crippen LogP contribution in [0.3, 0.4) is 0 Å². The molecule has 0 saturated carbocycles. The van der Waals surface area contributed by atoms with E-state index < -0.39 is 0 Å². The lowest BCUT2D eigenvalue weighted by Gasteiger charge is -2.35. The maximum atomic E-state index is 13.2. The molecule has 0 aliphatic carbocycles. The second-order valence-electron chi connectivity index (χ2n) is 6.63. The first-order valence-corrected chi connectivity index (χ1v) is 8.60. The molecule has 25 heavy (non-hydrogen) atoms. The number of rotatable bonds is 2. The van der Waals surface area contributed by atoms with Gasteiger partial charge in [-0.3, -0.25) is 9.20 Å². The van der Waals surface area contributed by atoms with Crippen LogP contribution in [0.2, 0.25) is 0 Å². The van der Waals surface area contributed by atoms with Gasteiger partial charge in [0.2, 0.25) is 5.78 Å². The van der Waals surface area contributed by atoms with E-state index in [4.69, 9.17) is 9.51 Å². The average molecular weight is 339 g/mol. The molecule has 1 aliphatic heterocycles. The van der Waals surface area contributed by atoms with E-state index in [9.17, 15) is 4.79 Å². The highest BCUT2D eigenvalue weighted by molar-refractivity contribution is 5.96. The number of piperidine rings is 1. The molecule has 7 heteroatoms. The molecular formula is C18H21N5O2. The van der Waals surface area contributed by atoms with Crippen molar-refractivity contribution >= 4 is 11.7 Å². The minimum atomic E-state index is -0.0460. The van der Waals surface area contributed by atoms with Gasteiger partial charge in [-0.25, -0.2) is 9.97 Å². The standard InChI is InChI=1S/C18H21N5O2/c1-11-10-14(20-18-19-7-9-22(11)18)15-6-4-5-8-23(15)17(24)16-12(2)21-25-13(16)3/h7,9-10,15H,4-6,8H2,1-3H3/t15-/m1/s1. The molecule has 1 amide bonds. The SMILES string of the molecule is Cc1noc(C)c1C(=O)N1CCCC[C@@H]1c1cc(C)n2ccnc2n1. The van der Waals surface area contributed by atoms with Crippen LogP contribution in [0, 0.1) is 20.8 Å². The third kappa shape index (κ3) is 2.59. The number of amides is 1. The molecule has 3 aromatic heterocycles. The van der Waals surface area contributed by atoms with Gasteiger partial charge in [0.05, 0.1) is 17.4 Å². The van der Waals surface area contributed by atoms with Crippen LogP contribution in [0.25, 0.3) is 5.78 Å². The van der Waals surface area contributed by atoms with E-state index in [1.54, 1.807) is 13.1 Å². The zero-order chi connectivity index (χ0) is 17.6. The van der Waals surface area contributed by atoms with E-state index in [0.717, 1.165) is 30.7 Å². The summed E-state index contributed by atoms with van der Waals surface area (Å²) in [6, 6.07) is 2.01. The molecule has 1 aliphatic rings. The summed E-state index contributed by atoms with van der Waals surface area (Å²) >= 11 is 0. The number of aryl methyl sites for hydroxylation is 3. The Morgan fingerprint density at radius 3 is 2.88 bits per heavy atom. The van der Waals surface area contributed by atoms with E-state index >= 15 is 0 Å². The lowest BCUT2D eigenvalue weighted by molar-refractivity contribution is 0.0603. The average Bonchev–Trinajstić information content (AvgIpc) is 3.21. The van der Waals surface area contributed by atoms with Crippen LogP contribution in [0.15, 0.2) is 23.0 Å². The fourth-order valence-electron chi connectivity index (χ4n) is 3.67. The van der Waals surface area contributed by atoms with E-state index in [-0.39, 0.29) is 11.9 Å². The first kappa shape index (κ1) is 15.8. The van der Waals surface area contributed by atoms with Crippen molar-refractivity contribution in [2.45, 2.75) is 46.1 Å². The first-order valence-electron chi connectivity index (χ1n) is 8.60. The summed E-state index contributed by atoms with van der Waals surface area (Å²) in [7, 11) is 0. The van der Waals surface area contributed by atoms with Gasteiger partial charge in [-0.2, -0.15) is 0 Å². The van der Waals surface area contributed by atoms with Gasteiger partial charge in [-0.05, 0) is 46.1 Å². The summed E-state index contributed by atoms with van der Waals surface area (Å²) in [6.45, 7) is 6.34. The van der Waals surface area contributed by atoms with Crippen molar-refractivity contribution in [1.29, 1.82) is 0 Å². The monoisotopic (exact) mass is 339 g/mol. The van der Waals surface area contributed by atoms with Crippen LogP contribution < -0.4 is 0 Å². The van der Waals surface area contributed by atoms with E-state index in [0.29, 0.717) is 29.3 Å². The summed E-state index contributed by atoms with van der Waals surface area (Å²) in [5, 5.41) is 3.93. The van der Waals surface area contributed by atoms with Gasteiger partial charge in [-0.15, -0.1) is 0 Å². The highest BCUT2D eigenvalue weighted by Crippen LogP contribution is 2.32. The highest BCUT2D eigenvalue weighted by atomic mass is 16.5. The summed E-state index contributed by atoms with van der Waals surface area (Å²) < 4.78 is 7.14. The van der Waals surface area contributed by atoms with Crippen LogP contribution in [-0.2, 0) is 0 Å². The smallest absolute Gasteiger partial charge is 0.259 e. The molecule has 1 fully saturated rings. The number of aromatic nitrogens is 4. The maximum absolute atomic E-state index is 13.2. The third-order valence-electron chi connectivity index (χ3n) is 4.94. The zero-order valence-corrected chi connectivity index (χ0v) is 14.7. The van der Waals surface area contributed by atoms with Gasteiger partial charge in [0.25, 0.3) is 5.91 Å². The van der Waals surface area contributed by atoms with Crippen molar-refractivity contribution in [3.8, 4) is 0 Å². The number of hydrogen-bond acceptors (Lipinski definition) is 5. The molecule has 1 atom stereocenters. The van der Waals surface area contributed by atoms with Crippen LogP contribution in [-0.4, -0.2) is 36.9 Å².